The van der Waals surface area contributed by atoms with E-state index in [2.05, 4.69) is 10.1 Å². The van der Waals surface area contributed by atoms with Crippen molar-refractivity contribution in [2.45, 2.75) is 19.9 Å². The average Bonchev–Trinajstić information content (AvgIpc) is 1.53. The summed E-state index contributed by atoms with van der Waals surface area (Å²) in [5, 5.41) is 4.61. The zero-order valence-electron chi connectivity index (χ0n) is 6.40. The summed E-state index contributed by atoms with van der Waals surface area (Å²) in [5.74, 6) is -0.192. The van der Waals surface area contributed by atoms with Crippen LogP contribution in [0.1, 0.15) is 13.8 Å². The summed E-state index contributed by atoms with van der Waals surface area (Å²) in [7, 11) is -3.77. The molecule has 0 amide bonds. The van der Waals surface area contributed by atoms with E-state index in [-0.39, 0.29) is 12.0 Å². The predicted octanol–water partition coefficient (Wildman–Crippen LogP) is -1.50. The number of hydrogen-bond acceptors (Lipinski definition) is 3. The lowest BCUT2D eigenvalue weighted by Gasteiger charge is -2.02. The Labute approximate surface area is 65.9 Å². The fourth-order valence-corrected chi connectivity index (χ4v) is 0.794. The van der Waals surface area contributed by atoms with Gasteiger partial charge in [-0.3, -0.25) is 0 Å². The number of nitrogens with two attached hydrogens (primary N) is 2. The Bertz CT molecular complexity index is 243. The Morgan fingerprint density at radius 2 is 2.00 bits per heavy atom. The van der Waals surface area contributed by atoms with Gasteiger partial charge in [0, 0.05) is 6.04 Å². The van der Waals surface area contributed by atoms with Gasteiger partial charge in [0.05, 0.1) is 0 Å². The molecule has 0 heterocycles. The molecule has 0 aromatic heterocycles. The quantitative estimate of drug-likeness (QED) is 0.355. The SMILES string of the molecule is CC(C)N=C(N)NS(N)(=O)=O. The summed E-state index contributed by atoms with van der Waals surface area (Å²) in [4.78, 5) is 3.69. The number of nitrogens with one attached hydrogen (secondary N) is 1. The minimum Gasteiger partial charge on any atom is -0.369 e. The van der Waals surface area contributed by atoms with E-state index in [1.54, 1.807) is 13.8 Å². The van der Waals surface area contributed by atoms with Crippen LogP contribution in [0.2, 0.25) is 0 Å². The third kappa shape index (κ3) is 7.07. The molecule has 5 N–H and O–H groups in total. The van der Waals surface area contributed by atoms with Crippen LogP contribution in [-0.2, 0) is 10.2 Å². The van der Waals surface area contributed by atoms with Crippen molar-refractivity contribution in [1.29, 1.82) is 0 Å². The minimum atomic E-state index is -3.77. The molecule has 0 aliphatic carbocycles. The third-order valence-corrected chi connectivity index (χ3v) is 1.14. The zero-order valence-corrected chi connectivity index (χ0v) is 7.22. The van der Waals surface area contributed by atoms with Crippen LogP contribution in [0.4, 0.5) is 0 Å². The Balaban J connectivity index is 4.20. The molecule has 66 valence electrons. The zero-order chi connectivity index (χ0) is 9.07. The number of hydrogen-bond donors (Lipinski definition) is 3. The van der Waals surface area contributed by atoms with E-state index in [4.69, 9.17) is 5.73 Å². The molecular weight excluding hydrogens is 168 g/mol. The van der Waals surface area contributed by atoms with E-state index in [0.717, 1.165) is 0 Å². The van der Waals surface area contributed by atoms with Crippen LogP contribution in [0.15, 0.2) is 4.99 Å². The lowest BCUT2D eigenvalue weighted by Crippen LogP contribution is -2.41. The molecule has 7 heteroatoms. The minimum absolute atomic E-state index is 0.0655. The smallest absolute Gasteiger partial charge is 0.298 e. The molecule has 0 rings (SSSR count). The Kier molecular flexibility index (Phi) is 3.27. The standard InChI is InChI=1S/C4H12N4O2S/c1-3(2)7-4(5)8-11(6,9)10/h3H,1-2H3,(H3,5,7,8)(H2,6,9,10). The Morgan fingerprint density at radius 3 is 2.27 bits per heavy atom. The molecule has 6 nitrogen and oxygen atoms in total. The maximum Gasteiger partial charge on any atom is 0.298 e. The molecule has 0 aromatic carbocycles. The van der Waals surface area contributed by atoms with Gasteiger partial charge in [-0.2, -0.15) is 8.42 Å². The van der Waals surface area contributed by atoms with E-state index in [1.807, 2.05) is 4.72 Å². The highest BCUT2D eigenvalue weighted by Crippen LogP contribution is 1.83. The molecule has 0 aliphatic heterocycles. The summed E-state index contributed by atoms with van der Waals surface area (Å²) >= 11 is 0. The largest absolute Gasteiger partial charge is 0.369 e. The molecule has 0 bridgehead atoms. The second kappa shape index (κ2) is 3.54. The van der Waals surface area contributed by atoms with Crippen molar-refractivity contribution in [1.82, 2.24) is 4.72 Å². The van der Waals surface area contributed by atoms with Crippen LogP contribution in [0, 0.1) is 0 Å². The fourth-order valence-electron chi connectivity index (χ4n) is 0.450. The monoisotopic (exact) mass is 180 g/mol. The molecule has 0 saturated carbocycles. The molecule has 0 saturated heterocycles. The van der Waals surface area contributed by atoms with Crippen LogP contribution in [0.5, 0.6) is 0 Å². The summed E-state index contributed by atoms with van der Waals surface area (Å²) in [6.07, 6.45) is 0. The van der Waals surface area contributed by atoms with Crippen LogP contribution >= 0.6 is 0 Å². The first-order chi connectivity index (χ1) is 4.81. The van der Waals surface area contributed by atoms with Gasteiger partial charge in [0.15, 0.2) is 0 Å². The average molecular weight is 180 g/mol. The second-order valence-corrected chi connectivity index (χ2v) is 3.55. The van der Waals surface area contributed by atoms with Crippen molar-refractivity contribution in [3.05, 3.63) is 0 Å². The molecule has 0 unspecified atom stereocenters. The summed E-state index contributed by atoms with van der Waals surface area (Å²) in [5.41, 5.74) is 5.14. The molecule has 0 fully saturated rings. The number of aliphatic imine (C=N–C) groups is 1. The van der Waals surface area contributed by atoms with Crippen LogP contribution in [0.25, 0.3) is 0 Å². The summed E-state index contributed by atoms with van der Waals surface area (Å²) in [6.45, 7) is 3.52. The maximum atomic E-state index is 10.3. The molecule has 0 radical (unpaired) electrons. The van der Waals surface area contributed by atoms with Gasteiger partial charge in [-0.15, -0.1) is 0 Å². The lowest BCUT2D eigenvalue weighted by atomic mass is 10.4. The maximum absolute atomic E-state index is 10.3. The molecule has 0 spiro atoms. The van der Waals surface area contributed by atoms with Crippen LogP contribution < -0.4 is 15.6 Å². The first-order valence-electron chi connectivity index (χ1n) is 2.95. The first-order valence-corrected chi connectivity index (χ1v) is 4.49. The van der Waals surface area contributed by atoms with Crippen LogP contribution in [-0.4, -0.2) is 20.4 Å². The van der Waals surface area contributed by atoms with Crippen molar-refractivity contribution < 1.29 is 8.42 Å². The highest BCUT2D eigenvalue weighted by Gasteiger charge is 2.02. The van der Waals surface area contributed by atoms with Gasteiger partial charge in [-0.05, 0) is 13.8 Å². The molecular formula is C4H12N4O2S. The van der Waals surface area contributed by atoms with Gasteiger partial charge >= 0.3 is 0 Å². The number of nitrogens with zero attached hydrogens (tertiary/aromatic N) is 1. The normalized spacial score (nSPS) is 13.6. The second-order valence-electron chi connectivity index (χ2n) is 2.26. The van der Waals surface area contributed by atoms with E-state index in [1.165, 1.54) is 0 Å². The third-order valence-electron chi connectivity index (χ3n) is 0.644. The predicted molar refractivity (Wildman–Crippen MR) is 43.0 cm³/mol. The van der Waals surface area contributed by atoms with Gasteiger partial charge < -0.3 is 5.73 Å². The molecule has 0 aromatic rings. The van der Waals surface area contributed by atoms with Crippen molar-refractivity contribution >= 4 is 16.2 Å². The fraction of sp³-hybridized carbons (Fsp3) is 0.750. The van der Waals surface area contributed by atoms with Crippen LogP contribution in [0.3, 0.4) is 0 Å². The van der Waals surface area contributed by atoms with Gasteiger partial charge in [0.25, 0.3) is 10.2 Å². The van der Waals surface area contributed by atoms with Gasteiger partial charge in [0.2, 0.25) is 5.96 Å². The first kappa shape index (κ1) is 10.2. The topological polar surface area (TPSA) is 111 Å². The summed E-state index contributed by atoms with van der Waals surface area (Å²) < 4.78 is 22.5. The van der Waals surface area contributed by atoms with E-state index in [9.17, 15) is 8.42 Å². The van der Waals surface area contributed by atoms with Gasteiger partial charge in [-0.25, -0.2) is 14.9 Å². The number of guanidine groups is 1. The van der Waals surface area contributed by atoms with Gasteiger partial charge in [0.1, 0.15) is 0 Å². The van der Waals surface area contributed by atoms with Crippen molar-refractivity contribution in [2.24, 2.45) is 15.9 Å². The lowest BCUT2D eigenvalue weighted by molar-refractivity contribution is 0.594. The highest BCUT2D eigenvalue weighted by molar-refractivity contribution is 7.87. The van der Waals surface area contributed by atoms with Gasteiger partial charge in [-0.1, -0.05) is 0 Å². The van der Waals surface area contributed by atoms with Crippen molar-refractivity contribution in [2.75, 3.05) is 0 Å². The Hall–Kier alpha value is -0.820. The number of rotatable bonds is 2. The molecule has 11 heavy (non-hydrogen) atoms. The van der Waals surface area contributed by atoms with E-state index >= 15 is 0 Å². The highest BCUT2D eigenvalue weighted by atomic mass is 32.2. The molecule has 0 aliphatic rings. The van der Waals surface area contributed by atoms with Crippen molar-refractivity contribution in [3.8, 4) is 0 Å². The van der Waals surface area contributed by atoms with E-state index in [0.29, 0.717) is 0 Å². The van der Waals surface area contributed by atoms with E-state index < -0.39 is 10.2 Å². The Morgan fingerprint density at radius 1 is 1.55 bits per heavy atom. The molecule has 0 atom stereocenters. The summed E-state index contributed by atoms with van der Waals surface area (Å²) in [6, 6.07) is -0.0655. The van der Waals surface area contributed by atoms with Crippen molar-refractivity contribution in [3.63, 3.8) is 0 Å².